The molecule has 0 bridgehead atoms. The summed E-state index contributed by atoms with van der Waals surface area (Å²) in [6.07, 6.45) is 0.718. The summed E-state index contributed by atoms with van der Waals surface area (Å²) in [6, 6.07) is 5.01. The molecule has 0 atom stereocenters. The summed E-state index contributed by atoms with van der Waals surface area (Å²) in [5, 5.41) is 8.85. The molecule has 0 saturated carbocycles. The highest BCUT2D eigenvalue weighted by Crippen LogP contribution is 2.26. The molecule has 1 aromatic rings. The van der Waals surface area contributed by atoms with Crippen LogP contribution in [0.1, 0.15) is 0 Å². The third-order valence-electron chi connectivity index (χ3n) is 2.06. The molecule has 6 nitrogen and oxygen atoms in total. The number of nitrogens with one attached hydrogen (secondary N) is 1. The second-order valence-electron chi connectivity index (χ2n) is 3.55. The number of allylic oxidation sites excluding steroid dienone is 1. The molecule has 0 radical (unpaired) electrons. The van der Waals surface area contributed by atoms with Gasteiger partial charge in [-0.15, -0.1) is 0 Å². The molecule has 0 spiro atoms. The SMILES string of the molecule is N#CC=CS(=O)(=O)c1ccc(NS(=O)(=O)C(F)(F)F)cc1. The lowest BCUT2D eigenvalue weighted by atomic mass is 10.3. The van der Waals surface area contributed by atoms with Crippen molar-refractivity contribution in [3.8, 4) is 6.07 Å². The Kier molecular flexibility index (Phi) is 4.65. The van der Waals surface area contributed by atoms with Gasteiger partial charge in [-0.3, -0.25) is 4.72 Å². The van der Waals surface area contributed by atoms with E-state index in [0.717, 1.165) is 30.3 Å². The summed E-state index contributed by atoms with van der Waals surface area (Å²) in [7, 11) is -9.48. The lowest BCUT2D eigenvalue weighted by Crippen LogP contribution is -2.29. The second kappa shape index (κ2) is 5.74. The highest BCUT2D eigenvalue weighted by atomic mass is 32.2. The molecule has 1 rings (SSSR count). The summed E-state index contributed by atoms with van der Waals surface area (Å²) < 4.78 is 82.6. The van der Waals surface area contributed by atoms with E-state index in [2.05, 4.69) is 0 Å². The van der Waals surface area contributed by atoms with E-state index in [-0.39, 0.29) is 4.90 Å². The van der Waals surface area contributed by atoms with Crippen molar-refractivity contribution >= 4 is 25.5 Å². The van der Waals surface area contributed by atoms with E-state index in [1.165, 1.54) is 10.8 Å². The number of sulfone groups is 1. The van der Waals surface area contributed by atoms with Crippen LogP contribution in [0.2, 0.25) is 0 Å². The molecule has 0 fully saturated rings. The molecule has 0 heterocycles. The fourth-order valence-electron chi connectivity index (χ4n) is 1.12. The fourth-order valence-corrected chi connectivity index (χ4v) is 2.60. The lowest BCUT2D eigenvalue weighted by Gasteiger charge is -2.10. The lowest BCUT2D eigenvalue weighted by molar-refractivity contribution is -0.0429. The molecule has 114 valence electrons. The zero-order valence-electron chi connectivity index (χ0n) is 9.99. The van der Waals surface area contributed by atoms with Gasteiger partial charge in [-0.1, -0.05) is 0 Å². The molecule has 0 aliphatic heterocycles. The maximum absolute atomic E-state index is 12.1. The Bertz CT molecular complexity index is 788. The fraction of sp³-hybridized carbons (Fsp3) is 0.100. The molecular formula is C10H7F3N2O4S2. The number of rotatable bonds is 4. The van der Waals surface area contributed by atoms with Crippen LogP contribution >= 0.6 is 0 Å². The number of nitrogens with zero attached hydrogens (tertiary/aromatic N) is 1. The molecule has 11 heteroatoms. The monoisotopic (exact) mass is 340 g/mol. The number of benzene rings is 1. The molecule has 0 amide bonds. The Hall–Kier alpha value is -2.06. The summed E-state index contributed by atoms with van der Waals surface area (Å²) >= 11 is 0. The van der Waals surface area contributed by atoms with E-state index in [9.17, 15) is 30.0 Å². The van der Waals surface area contributed by atoms with E-state index >= 15 is 0 Å². The number of anilines is 1. The van der Waals surface area contributed by atoms with Crippen LogP contribution in [0.25, 0.3) is 0 Å². The zero-order chi connectivity index (χ0) is 16.3. The first-order valence-electron chi connectivity index (χ1n) is 5.00. The summed E-state index contributed by atoms with van der Waals surface area (Å²) in [5.41, 5.74) is -5.93. The predicted octanol–water partition coefficient (Wildman–Crippen LogP) is 1.76. The molecule has 0 saturated heterocycles. The van der Waals surface area contributed by atoms with Crippen LogP contribution < -0.4 is 4.72 Å². The minimum Gasteiger partial charge on any atom is -0.276 e. The van der Waals surface area contributed by atoms with Gasteiger partial charge in [-0.05, 0) is 24.3 Å². The van der Waals surface area contributed by atoms with Gasteiger partial charge in [-0.25, -0.2) is 8.42 Å². The summed E-state index contributed by atoms with van der Waals surface area (Å²) in [5.74, 6) is 0. The van der Waals surface area contributed by atoms with Gasteiger partial charge in [0.1, 0.15) is 0 Å². The van der Waals surface area contributed by atoms with E-state index < -0.39 is 31.1 Å². The van der Waals surface area contributed by atoms with Crippen molar-refractivity contribution in [2.75, 3.05) is 4.72 Å². The third kappa shape index (κ3) is 4.20. The van der Waals surface area contributed by atoms with E-state index in [4.69, 9.17) is 5.26 Å². The summed E-state index contributed by atoms with van der Waals surface area (Å²) in [4.78, 5) is -0.302. The largest absolute Gasteiger partial charge is 0.516 e. The van der Waals surface area contributed by atoms with Crippen molar-refractivity contribution < 1.29 is 30.0 Å². The normalized spacial score (nSPS) is 13.0. The molecule has 1 aromatic carbocycles. The first-order valence-corrected chi connectivity index (χ1v) is 8.03. The third-order valence-corrected chi connectivity index (χ3v) is 4.60. The van der Waals surface area contributed by atoms with E-state index in [0.29, 0.717) is 5.41 Å². The quantitative estimate of drug-likeness (QED) is 0.841. The number of alkyl halides is 3. The topological polar surface area (TPSA) is 104 Å². The highest BCUT2D eigenvalue weighted by Gasteiger charge is 2.46. The first kappa shape index (κ1) is 17.0. The Morgan fingerprint density at radius 2 is 1.62 bits per heavy atom. The van der Waals surface area contributed by atoms with E-state index in [1.54, 1.807) is 0 Å². The second-order valence-corrected chi connectivity index (χ2v) is 7.06. The molecule has 0 unspecified atom stereocenters. The minimum absolute atomic E-state index is 0.302. The van der Waals surface area contributed by atoms with Crippen LogP contribution in [-0.4, -0.2) is 22.3 Å². The van der Waals surface area contributed by atoms with Crippen molar-refractivity contribution in [1.29, 1.82) is 5.26 Å². The maximum Gasteiger partial charge on any atom is 0.516 e. The van der Waals surface area contributed by atoms with Gasteiger partial charge in [0.2, 0.25) is 9.84 Å². The average molecular weight is 340 g/mol. The van der Waals surface area contributed by atoms with Gasteiger partial charge in [0.15, 0.2) is 0 Å². The molecule has 0 aliphatic rings. The van der Waals surface area contributed by atoms with Gasteiger partial charge >= 0.3 is 15.5 Å². The van der Waals surface area contributed by atoms with Crippen LogP contribution in [0.5, 0.6) is 0 Å². The maximum atomic E-state index is 12.1. The number of hydrogen-bond acceptors (Lipinski definition) is 5. The van der Waals surface area contributed by atoms with Crippen molar-refractivity contribution in [2.45, 2.75) is 10.4 Å². The van der Waals surface area contributed by atoms with Gasteiger partial charge in [0, 0.05) is 17.2 Å². The van der Waals surface area contributed by atoms with Crippen molar-refractivity contribution in [3.05, 3.63) is 35.7 Å². The van der Waals surface area contributed by atoms with Gasteiger partial charge in [0.25, 0.3) is 0 Å². The smallest absolute Gasteiger partial charge is 0.276 e. The molecule has 0 aliphatic carbocycles. The molecular weight excluding hydrogens is 333 g/mol. The van der Waals surface area contributed by atoms with Gasteiger partial charge in [-0.2, -0.15) is 26.9 Å². The standard InChI is InChI=1S/C10H7F3N2O4S2/c11-10(12,13)21(18,19)15-8-2-4-9(5-3-8)20(16,17)7-1-6-14/h1-5,7,15H. The van der Waals surface area contributed by atoms with Crippen LogP contribution in [0, 0.1) is 11.3 Å². The highest BCUT2D eigenvalue weighted by molar-refractivity contribution is 7.94. The number of nitriles is 1. The van der Waals surface area contributed by atoms with Gasteiger partial charge in [0.05, 0.1) is 11.0 Å². The Balaban J connectivity index is 3.06. The molecule has 0 aromatic heterocycles. The summed E-state index contributed by atoms with van der Waals surface area (Å²) in [6.45, 7) is 0. The molecule has 1 N–H and O–H groups in total. The number of hydrogen-bond donors (Lipinski definition) is 1. The predicted molar refractivity (Wildman–Crippen MR) is 67.0 cm³/mol. The Labute approximate surface area is 118 Å². The van der Waals surface area contributed by atoms with E-state index in [1.807, 2.05) is 0 Å². The van der Waals surface area contributed by atoms with Crippen LogP contribution in [0.3, 0.4) is 0 Å². The van der Waals surface area contributed by atoms with Crippen LogP contribution in [0.15, 0.2) is 40.6 Å². The van der Waals surface area contributed by atoms with Crippen molar-refractivity contribution in [3.63, 3.8) is 0 Å². The van der Waals surface area contributed by atoms with Crippen LogP contribution in [0.4, 0.5) is 18.9 Å². The number of sulfonamides is 1. The Morgan fingerprint density at radius 1 is 1.10 bits per heavy atom. The molecule has 21 heavy (non-hydrogen) atoms. The average Bonchev–Trinajstić information content (AvgIpc) is 2.35. The van der Waals surface area contributed by atoms with Gasteiger partial charge < -0.3 is 0 Å². The van der Waals surface area contributed by atoms with Crippen molar-refractivity contribution in [2.24, 2.45) is 0 Å². The first-order chi connectivity index (χ1) is 9.49. The zero-order valence-corrected chi connectivity index (χ0v) is 11.6. The minimum atomic E-state index is -5.57. The number of halogens is 3. The Morgan fingerprint density at radius 3 is 2.05 bits per heavy atom. The van der Waals surface area contributed by atoms with Crippen LogP contribution in [-0.2, 0) is 19.9 Å². The van der Waals surface area contributed by atoms with Crippen molar-refractivity contribution in [1.82, 2.24) is 0 Å².